The molecule has 0 amide bonds. The van der Waals surface area contributed by atoms with Crippen molar-refractivity contribution in [3.8, 4) is 39.3 Å². The molecule has 0 N–H and O–H groups in total. The molecule has 0 aliphatic rings. The molecule has 0 bridgehead atoms. The number of para-hydroxylation sites is 2. The molecule has 0 atom stereocenters. The van der Waals surface area contributed by atoms with Crippen molar-refractivity contribution in [1.82, 2.24) is 13.7 Å². The van der Waals surface area contributed by atoms with E-state index in [0.717, 1.165) is 11.4 Å². The summed E-state index contributed by atoms with van der Waals surface area (Å²) in [6, 6.07) is 101. The number of hydrogen-bond acceptors (Lipinski definition) is 0. The second kappa shape index (κ2) is 16.1. The van der Waals surface area contributed by atoms with Crippen LogP contribution in [-0.2, 0) is 0 Å². The lowest BCUT2D eigenvalue weighted by molar-refractivity contribution is 1.15. The normalized spacial score (nSPS) is 12.0. The highest BCUT2D eigenvalue weighted by Gasteiger charge is 2.42. The maximum Gasteiger partial charge on any atom is 0.179 e. The molecule has 0 unspecified atom stereocenters. The molecule has 0 saturated carbocycles. The Morgan fingerprint density at radius 2 is 0.586 bits per heavy atom. The average molecular weight is 908 g/mol. The molecule has 0 aliphatic carbocycles. The van der Waals surface area contributed by atoms with Crippen molar-refractivity contribution in [2.45, 2.75) is 0 Å². The molecule has 0 aliphatic heterocycles. The fourth-order valence-corrected chi connectivity index (χ4v) is 16.6. The van der Waals surface area contributed by atoms with Crippen LogP contribution in [0, 0.1) is 0 Å². The van der Waals surface area contributed by atoms with Crippen LogP contribution in [0.3, 0.4) is 0 Å². The average Bonchev–Trinajstić information content (AvgIpc) is 4.09. The molecule has 11 aromatic carbocycles. The van der Waals surface area contributed by atoms with Gasteiger partial charge in [-0.25, -0.2) is 0 Å². The van der Waals surface area contributed by atoms with Crippen molar-refractivity contribution < 1.29 is 0 Å². The minimum atomic E-state index is -2.98. The predicted molar refractivity (Wildman–Crippen MR) is 298 cm³/mol. The minimum absolute atomic E-state index is 1.13. The number of benzene rings is 11. The molecule has 0 spiro atoms. The van der Waals surface area contributed by atoms with Crippen LogP contribution in [0.4, 0.5) is 0 Å². The highest BCUT2D eigenvalue weighted by atomic mass is 28.3. The largest absolute Gasteiger partial charge is 0.309 e. The second-order valence-corrected chi connectivity index (χ2v) is 22.3. The fraction of sp³-hybridized carbons (Fsp3) is 0. The van der Waals surface area contributed by atoms with Crippen molar-refractivity contribution in [3.63, 3.8) is 0 Å². The number of fused-ring (bicyclic) bond motifs is 3. The van der Waals surface area contributed by atoms with E-state index in [-0.39, 0.29) is 0 Å². The Hall–Kier alpha value is -8.96. The van der Waals surface area contributed by atoms with Crippen LogP contribution in [0.25, 0.3) is 94.0 Å². The van der Waals surface area contributed by atoms with Gasteiger partial charge in [0.25, 0.3) is 0 Å². The molecule has 0 saturated heterocycles. The zero-order valence-corrected chi connectivity index (χ0v) is 39.3. The number of aromatic nitrogens is 3. The third-order valence-electron chi connectivity index (χ3n) is 14.8. The second-order valence-electron chi connectivity index (χ2n) is 18.5. The molecule has 3 aromatic heterocycles. The van der Waals surface area contributed by atoms with E-state index in [2.05, 4.69) is 287 Å². The highest BCUT2D eigenvalue weighted by molar-refractivity contribution is 7.20. The van der Waals surface area contributed by atoms with Crippen LogP contribution in [0.2, 0.25) is 0 Å². The molecule has 14 aromatic rings. The summed E-state index contributed by atoms with van der Waals surface area (Å²) in [4.78, 5) is 0. The van der Waals surface area contributed by atoms with Gasteiger partial charge in [0.2, 0.25) is 0 Å². The SMILES string of the molecule is c1ccc(-c2cccc([Si](c3ccccc3)(c3ccc(-n4c5ccccc5c5ccc(-n6c7cccc8c7c7c(cccc76)n8-c6ccccc6)cc54)cc3)c3cccc(-c4ccccc4)c3)c2)cc1. The first-order valence-corrected chi connectivity index (χ1v) is 26.2. The molecule has 3 nitrogen and oxygen atoms in total. The van der Waals surface area contributed by atoms with Crippen molar-refractivity contribution in [2.24, 2.45) is 0 Å². The number of rotatable bonds is 9. The molecule has 4 heteroatoms. The zero-order valence-electron chi connectivity index (χ0n) is 38.3. The summed E-state index contributed by atoms with van der Waals surface area (Å²) in [6.45, 7) is 0. The Balaban J connectivity index is 0.979. The van der Waals surface area contributed by atoms with E-state index in [1.807, 2.05) is 0 Å². The monoisotopic (exact) mass is 907 g/mol. The van der Waals surface area contributed by atoms with Gasteiger partial charge in [0.05, 0.1) is 33.1 Å². The first-order valence-electron chi connectivity index (χ1n) is 24.2. The molecule has 0 radical (unpaired) electrons. The topological polar surface area (TPSA) is 14.8 Å². The maximum atomic E-state index is 2.48. The van der Waals surface area contributed by atoms with E-state index in [4.69, 9.17) is 0 Å². The van der Waals surface area contributed by atoms with Gasteiger partial charge in [-0.05, 0) is 110 Å². The maximum absolute atomic E-state index is 2.98. The van der Waals surface area contributed by atoms with E-state index < -0.39 is 8.07 Å². The van der Waals surface area contributed by atoms with Crippen molar-refractivity contribution >= 4 is 83.5 Å². The Labute approximate surface area is 407 Å². The van der Waals surface area contributed by atoms with Crippen LogP contribution in [0.5, 0.6) is 0 Å². The molecule has 328 valence electrons. The van der Waals surface area contributed by atoms with Gasteiger partial charge in [0, 0.05) is 38.6 Å². The molecular weight excluding hydrogens is 863 g/mol. The first-order chi connectivity index (χ1) is 34.7. The molecule has 14 rings (SSSR count). The lowest BCUT2D eigenvalue weighted by atomic mass is 10.1. The van der Waals surface area contributed by atoms with E-state index in [0.29, 0.717) is 0 Å². The lowest BCUT2D eigenvalue weighted by Gasteiger charge is -2.35. The van der Waals surface area contributed by atoms with E-state index in [1.165, 1.54) is 103 Å². The Bertz CT molecular complexity index is 4060. The predicted octanol–water partition coefficient (Wildman–Crippen LogP) is 14.0. The smallest absolute Gasteiger partial charge is 0.179 e. The summed E-state index contributed by atoms with van der Waals surface area (Å²) in [6.07, 6.45) is 0. The molecular formula is C66H45N3Si. The number of hydrogen-bond donors (Lipinski definition) is 0. The Kier molecular flexibility index (Phi) is 9.23. The third kappa shape index (κ3) is 6.07. The summed E-state index contributed by atoms with van der Waals surface area (Å²) in [5.41, 5.74) is 15.5. The van der Waals surface area contributed by atoms with E-state index in [1.54, 1.807) is 0 Å². The van der Waals surface area contributed by atoms with Gasteiger partial charge in [-0.15, -0.1) is 0 Å². The van der Waals surface area contributed by atoms with Gasteiger partial charge >= 0.3 is 0 Å². The van der Waals surface area contributed by atoms with Crippen LogP contribution in [0.15, 0.2) is 273 Å². The van der Waals surface area contributed by atoms with Gasteiger partial charge in [-0.3, -0.25) is 0 Å². The minimum Gasteiger partial charge on any atom is -0.309 e. The first kappa shape index (κ1) is 40.1. The van der Waals surface area contributed by atoms with Gasteiger partial charge in [-0.2, -0.15) is 0 Å². The van der Waals surface area contributed by atoms with Crippen LogP contribution < -0.4 is 20.7 Å². The summed E-state index contributed by atoms with van der Waals surface area (Å²) in [5, 5.41) is 10.4. The summed E-state index contributed by atoms with van der Waals surface area (Å²) in [7, 11) is -2.98. The lowest BCUT2D eigenvalue weighted by Crippen LogP contribution is -2.74. The fourth-order valence-electron chi connectivity index (χ4n) is 11.8. The van der Waals surface area contributed by atoms with E-state index in [9.17, 15) is 0 Å². The zero-order chi connectivity index (χ0) is 46.2. The quantitative estimate of drug-likeness (QED) is 0.101. The van der Waals surface area contributed by atoms with Crippen molar-refractivity contribution in [1.29, 1.82) is 0 Å². The Morgan fingerprint density at radius 3 is 1.16 bits per heavy atom. The van der Waals surface area contributed by atoms with Crippen molar-refractivity contribution in [2.75, 3.05) is 0 Å². The molecule has 70 heavy (non-hydrogen) atoms. The molecule has 0 fully saturated rings. The van der Waals surface area contributed by atoms with Gasteiger partial charge in [-0.1, -0.05) is 206 Å². The summed E-state index contributed by atoms with van der Waals surface area (Å²) in [5.74, 6) is 0. The van der Waals surface area contributed by atoms with Crippen molar-refractivity contribution in [3.05, 3.63) is 273 Å². The highest BCUT2D eigenvalue weighted by Crippen LogP contribution is 2.43. The third-order valence-corrected chi connectivity index (χ3v) is 19.5. The van der Waals surface area contributed by atoms with Gasteiger partial charge in [0.15, 0.2) is 8.07 Å². The van der Waals surface area contributed by atoms with Crippen LogP contribution >= 0.6 is 0 Å². The van der Waals surface area contributed by atoms with Gasteiger partial charge < -0.3 is 13.7 Å². The summed E-state index contributed by atoms with van der Waals surface area (Å²) >= 11 is 0. The molecule has 3 heterocycles. The van der Waals surface area contributed by atoms with Crippen LogP contribution in [0.1, 0.15) is 0 Å². The Morgan fingerprint density at radius 1 is 0.214 bits per heavy atom. The van der Waals surface area contributed by atoms with E-state index >= 15 is 0 Å². The number of nitrogens with zero attached hydrogens (tertiary/aromatic N) is 3. The summed E-state index contributed by atoms with van der Waals surface area (Å²) < 4.78 is 7.36. The van der Waals surface area contributed by atoms with Gasteiger partial charge in [0.1, 0.15) is 0 Å². The van der Waals surface area contributed by atoms with Crippen LogP contribution in [-0.4, -0.2) is 21.8 Å². The standard InChI is InChI=1S/C66H45N3Si/c1-5-19-46(20-6-1)48-23-15-29-55(43-48)70(53-27-11-4-12-28-53,56-30-16-24-49(44-56)47-21-7-2-8-22-47)54-40-37-51(38-41-54)67-59-32-14-13-31-57(59)58-42-39-52(45-64(58)67)69-62-35-17-33-60-65(62)66-61(34-18-36-63(66)69)68(60)50-25-9-3-10-26-50/h1-45H.